The van der Waals surface area contributed by atoms with Gasteiger partial charge >= 0.3 is 0 Å². The zero-order chi connectivity index (χ0) is 16.5. The number of ether oxygens (including phenoxy) is 2. The number of aromatic nitrogens is 2. The highest BCUT2D eigenvalue weighted by Crippen LogP contribution is 2.33. The van der Waals surface area contributed by atoms with E-state index in [-0.39, 0.29) is 6.79 Å². The van der Waals surface area contributed by atoms with E-state index in [1.54, 1.807) is 24.3 Å². The quantitative estimate of drug-likeness (QED) is 0.661. The molecule has 0 fully saturated rings. The highest BCUT2D eigenvalue weighted by molar-refractivity contribution is 6.36. The van der Waals surface area contributed by atoms with Crippen molar-refractivity contribution in [3.63, 3.8) is 0 Å². The Morgan fingerprint density at radius 2 is 1.79 bits per heavy atom. The number of hydrogen-bond acceptors (Lipinski definition) is 5. The van der Waals surface area contributed by atoms with Crippen molar-refractivity contribution in [1.82, 2.24) is 10.2 Å². The first-order chi connectivity index (χ1) is 11.7. The molecule has 120 valence electrons. The number of benzene rings is 2. The summed E-state index contributed by atoms with van der Waals surface area (Å²) in [7, 11) is 0. The molecule has 1 aliphatic heterocycles. The van der Waals surface area contributed by atoms with Crippen LogP contribution in [-0.4, -0.2) is 17.0 Å². The number of fused-ring (bicyclic) bond motifs is 1. The van der Waals surface area contributed by atoms with Gasteiger partial charge in [-0.15, -0.1) is 10.2 Å². The van der Waals surface area contributed by atoms with Crippen molar-refractivity contribution in [3.05, 3.63) is 57.9 Å². The molecule has 2 aromatic carbocycles. The number of nitrogens with zero attached hydrogens (tertiary/aromatic N) is 2. The van der Waals surface area contributed by atoms with Gasteiger partial charge in [-0.05, 0) is 42.0 Å². The van der Waals surface area contributed by atoms with Crippen molar-refractivity contribution in [3.8, 4) is 23.0 Å². The Bertz CT molecular complexity index is 937. The minimum Gasteiger partial charge on any atom is -0.454 e. The van der Waals surface area contributed by atoms with Crippen LogP contribution in [0.1, 0.15) is 11.5 Å². The Morgan fingerprint density at radius 3 is 2.67 bits per heavy atom. The molecule has 0 aliphatic carbocycles. The van der Waals surface area contributed by atoms with E-state index < -0.39 is 0 Å². The second-order valence-corrected chi connectivity index (χ2v) is 5.86. The van der Waals surface area contributed by atoms with E-state index in [9.17, 15) is 0 Å². The summed E-state index contributed by atoms with van der Waals surface area (Å²) < 4.78 is 16.2. The third-order valence-electron chi connectivity index (χ3n) is 3.42. The summed E-state index contributed by atoms with van der Waals surface area (Å²) in [5, 5.41) is 9.00. The van der Waals surface area contributed by atoms with Crippen LogP contribution < -0.4 is 9.47 Å². The highest BCUT2D eigenvalue weighted by Gasteiger charge is 2.13. The van der Waals surface area contributed by atoms with E-state index in [0.29, 0.717) is 27.4 Å². The smallest absolute Gasteiger partial charge is 0.249 e. The predicted molar refractivity (Wildman–Crippen MR) is 91.2 cm³/mol. The topological polar surface area (TPSA) is 57.4 Å². The minimum absolute atomic E-state index is 0.247. The van der Waals surface area contributed by atoms with Gasteiger partial charge in [0.2, 0.25) is 18.6 Å². The fourth-order valence-corrected chi connectivity index (χ4v) is 2.75. The van der Waals surface area contributed by atoms with Crippen LogP contribution in [0.3, 0.4) is 0 Å². The lowest BCUT2D eigenvalue weighted by Crippen LogP contribution is -1.92. The molecule has 0 N–H and O–H groups in total. The van der Waals surface area contributed by atoms with E-state index in [0.717, 1.165) is 17.1 Å². The molecule has 5 nitrogen and oxygen atoms in total. The SMILES string of the molecule is Clc1ccc(-c2nnc(/C=C/c3ccc4c(c3)OCO4)o2)c(Cl)c1. The molecule has 0 amide bonds. The summed E-state index contributed by atoms with van der Waals surface area (Å²) in [6, 6.07) is 10.7. The maximum Gasteiger partial charge on any atom is 0.249 e. The van der Waals surface area contributed by atoms with Gasteiger partial charge in [0.25, 0.3) is 0 Å². The molecule has 0 saturated carbocycles. The third-order valence-corrected chi connectivity index (χ3v) is 3.96. The van der Waals surface area contributed by atoms with Gasteiger partial charge in [0.05, 0.1) is 10.6 Å². The summed E-state index contributed by atoms with van der Waals surface area (Å²) in [5.74, 6) is 2.16. The van der Waals surface area contributed by atoms with Gasteiger partial charge in [0.15, 0.2) is 11.5 Å². The van der Waals surface area contributed by atoms with Gasteiger partial charge in [-0.25, -0.2) is 0 Å². The normalized spacial score (nSPS) is 12.9. The average Bonchev–Trinajstić information content (AvgIpc) is 3.21. The number of halogens is 2. The Hall–Kier alpha value is -2.50. The summed E-state index contributed by atoms with van der Waals surface area (Å²) in [5.41, 5.74) is 1.57. The molecule has 1 aromatic heterocycles. The molecule has 7 heteroatoms. The van der Waals surface area contributed by atoms with Gasteiger partial charge in [0.1, 0.15) is 0 Å². The second-order valence-electron chi connectivity index (χ2n) is 5.02. The molecular weight excluding hydrogens is 351 g/mol. The summed E-state index contributed by atoms with van der Waals surface area (Å²) in [6.07, 6.45) is 3.57. The first kappa shape index (κ1) is 15.1. The predicted octanol–water partition coefficient (Wildman–Crippen LogP) is 4.94. The van der Waals surface area contributed by atoms with Crippen LogP contribution in [-0.2, 0) is 0 Å². The third kappa shape index (κ3) is 2.96. The highest BCUT2D eigenvalue weighted by atomic mass is 35.5. The first-order valence-electron chi connectivity index (χ1n) is 7.06. The van der Waals surface area contributed by atoms with Gasteiger partial charge in [0, 0.05) is 11.1 Å². The van der Waals surface area contributed by atoms with Gasteiger partial charge < -0.3 is 13.9 Å². The molecule has 0 unspecified atom stereocenters. The number of rotatable bonds is 3. The van der Waals surface area contributed by atoms with Crippen LogP contribution in [0.2, 0.25) is 10.0 Å². The molecule has 24 heavy (non-hydrogen) atoms. The molecule has 2 heterocycles. The van der Waals surface area contributed by atoms with E-state index in [2.05, 4.69) is 10.2 Å². The largest absolute Gasteiger partial charge is 0.454 e. The number of hydrogen-bond donors (Lipinski definition) is 0. The van der Waals surface area contributed by atoms with E-state index in [4.69, 9.17) is 37.1 Å². The molecule has 0 atom stereocenters. The van der Waals surface area contributed by atoms with Crippen LogP contribution in [0, 0.1) is 0 Å². The molecule has 0 bridgehead atoms. The summed E-state index contributed by atoms with van der Waals surface area (Å²) in [4.78, 5) is 0. The minimum atomic E-state index is 0.247. The Labute approximate surface area is 147 Å². The van der Waals surface area contributed by atoms with Gasteiger partial charge in [-0.1, -0.05) is 29.3 Å². The van der Waals surface area contributed by atoms with Crippen LogP contribution in [0.15, 0.2) is 40.8 Å². The van der Waals surface area contributed by atoms with Crippen LogP contribution in [0.25, 0.3) is 23.6 Å². The molecule has 0 saturated heterocycles. The standard InChI is InChI=1S/C17H10Cl2N2O3/c18-11-3-4-12(13(19)8-11)17-21-20-16(24-17)6-2-10-1-5-14-15(7-10)23-9-22-14/h1-8H,9H2/b6-2+. The monoisotopic (exact) mass is 360 g/mol. The molecular formula is C17H10Cl2N2O3. The summed E-state index contributed by atoms with van der Waals surface area (Å²) in [6.45, 7) is 0.247. The maximum absolute atomic E-state index is 6.14. The fraction of sp³-hybridized carbons (Fsp3) is 0.0588. The van der Waals surface area contributed by atoms with E-state index in [1.807, 2.05) is 24.3 Å². The van der Waals surface area contributed by atoms with Crippen LogP contribution in [0.4, 0.5) is 0 Å². The van der Waals surface area contributed by atoms with Crippen molar-refractivity contribution in [1.29, 1.82) is 0 Å². The van der Waals surface area contributed by atoms with Crippen LogP contribution >= 0.6 is 23.2 Å². The molecule has 0 spiro atoms. The zero-order valence-corrected chi connectivity index (χ0v) is 13.7. The average molecular weight is 361 g/mol. The lowest BCUT2D eigenvalue weighted by molar-refractivity contribution is 0.174. The molecule has 1 aliphatic rings. The maximum atomic E-state index is 6.14. The molecule has 4 rings (SSSR count). The van der Waals surface area contributed by atoms with Crippen molar-refractivity contribution >= 4 is 35.4 Å². The van der Waals surface area contributed by atoms with E-state index in [1.165, 1.54) is 0 Å². The van der Waals surface area contributed by atoms with Crippen molar-refractivity contribution in [2.24, 2.45) is 0 Å². The zero-order valence-electron chi connectivity index (χ0n) is 12.2. The van der Waals surface area contributed by atoms with E-state index >= 15 is 0 Å². The summed E-state index contributed by atoms with van der Waals surface area (Å²) >= 11 is 12.0. The lowest BCUT2D eigenvalue weighted by atomic mass is 10.2. The Morgan fingerprint density at radius 1 is 0.917 bits per heavy atom. The first-order valence-corrected chi connectivity index (χ1v) is 7.81. The van der Waals surface area contributed by atoms with Gasteiger partial charge in [-0.2, -0.15) is 0 Å². The van der Waals surface area contributed by atoms with Crippen molar-refractivity contribution in [2.75, 3.05) is 6.79 Å². The Kier molecular flexibility index (Phi) is 3.88. The van der Waals surface area contributed by atoms with Crippen molar-refractivity contribution in [2.45, 2.75) is 0 Å². The fourth-order valence-electron chi connectivity index (χ4n) is 2.26. The Balaban J connectivity index is 1.57. The molecule has 3 aromatic rings. The lowest BCUT2D eigenvalue weighted by Gasteiger charge is -1.98. The second kappa shape index (κ2) is 6.19. The molecule has 0 radical (unpaired) electrons. The van der Waals surface area contributed by atoms with Crippen molar-refractivity contribution < 1.29 is 13.9 Å². The van der Waals surface area contributed by atoms with Gasteiger partial charge in [-0.3, -0.25) is 0 Å². The van der Waals surface area contributed by atoms with Crippen LogP contribution in [0.5, 0.6) is 11.5 Å².